The Morgan fingerprint density at radius 2 is 1.70 bits per heavy atom. The van der Waals surface area contributed by atoms with E-state index in [1.54, 1.807) is 0 Å². The molecule has 2 amide bonds. The molecule has 0 bridgehead atoms. The summed E-state index contributed by atoms with van der Waals surface area (Å²) in [4.78, 5) is 38.5. The highest BCUT2D eigenvalue weighted by Crippen LogP contribution is 2.38. The van der Waals surface area contributed by atoms with Gasteiger partial charge in [-0.3, -0.25) is 14.5 Å². The van der Waals surface area contributed by atoms with Crippen molar-refractivity contribution in [2.75, 3.05) is 5.32 Å². The molecule has 0 aromatic heterocycles. The van der Waals surface area contributed by atoms with Crippen LogP contribution in [-0.4, -0.2) is 39.9 Å². The van der Waals surface area contributed by atoms with Crippen molar-refractivity contribution in [2.45, 2.75) is 31.0 Å². The smallest absolute Gasteiger partial charge is 0.353 e. The van der Waals surface area contributed by atoms with Crippen molar-refractivity contribution in [3.05, 3.63) is 77.0 Å². The second-order valence-corrected chi connectivity index (χ2v) is 7.67. The Kier molecular flexibility index (Phi) is 5.46. The third-order valence-electron chi connectivity index (χ3n) is 5.36. The number of hydrogen-bond donors (Lipinski definition) is 3. The van der Waals surface area contributed by atoms with Gasteiger partial charge in [-0.1, -0.05) is 60.1 Å². The van der Waals surface area contributed by atoms with E-state index in [9.17, 15) is 19.5 Å². The lowest BCUT2D eigenvalue weighted by Crippen LogP contribution is -2.72. The molecule has 30 heavy (non-hydrogen) atoms. The first-order valence-electron chi connectivity index (χ1n) is 9.59. The number of allylic oxidation sites excluding steroid dienone is 1. The molecule has 0 saturated carbocycles. The molecule has 8 heteroatoms. The first-order valence-corrected chi connectivity index (χ1v) is 9.97. The zero-order valence-corrected chi connectivity index (χ0v) is 16.7. The molecule has 1 fully saturated rings. The highest BCUT2D eigenvalue weighted by Gasteiger charge is 2.53. The van der Waals surface area contributed by atoms with Gasteiger partial charge in [0, 0.05) is 10.7 Å². The summed E-state index contributed by atoms with van der Waals surface area (Å²) in [6.07, 6.45) is 0.850. The Hall–Kier alpha value is -3.32. The summed E-state index contributed by atoms with van der Waals surface area (Å²) in [5, 5.41) is 15.6. The van der Waals surface area contributed by atoms with Crippen LogP contribution in [0.25, 0.3) is 0 Å². The SMILES string of the molecule is O=C(O)C1=C(Cl)CC[C@@H]2[C@H](NC(=O)[C@H](Nc3ccccc3)c3ccccc3)C(=O)N12. The minimum absolute atomic E-state index is 0.157. The van der Waals surface area contributed by atoms with Gasteiger partial charge in [-0.15, -0.1) is 0 Å². The number of fused-ring (bicyclic) bond motifs is 1. The fourth-order valence-electron chi connectivity index (χ4n) is 3.90. The molecule has 0 unspecified atom stereocenters. The monoisotopic (exact) mass is 425 g/mol. The van der Waals surface area contributed by atoms with E-state index < -0.39 is 30.0 Å². The summed E-state index contributed by atoms with van der Waals surface area (Å²) in [5.41, 5.74) is 1.33. The van der Waals surface area contributed by atoms with E-state index in [1.165, 1.54) is 4.90 Å². The number of carboxylic acid groups (broad SMARTS) is 1. The molecule has 3 atom stereocenters. The number of rotatable bonds is 6. The van der Waals surface area contributed by atoms with Gasteiger partial charge in [-0.25, -0.2) is 4.79 Å². The van der Waals surface area contributed by atoms with Crippen molar-refractivity contribution in [1.82, 2.24) is 10.2 Å². The van der Waals surface area contributed by atoms with Gasteiger partial charge in [0.15, 0.2) is 0 Å². The Morgan fingerprint density at radius 1 is 1.07 bits per heavy atom. The molecule has 0 spiro atoms. The first kappa shape index (κ1) is 20.0. The maximum Gasteiger partial charge on any atom is 0.353 e. The van der Waals surface area contributed by atoms with E-state index in [4.69, 9.17) is 11.6 Å². The highest BCUT2D eigenvalue weighted by molar-refractivity contribution is 6.32. The topological polar surface area (TPSA) is 98.7 Å². The normalized spacial score (nSPS) is 21.4. The standard InChI is InChI=1S/C22H20ClN3O4/c23-15-11-12-16-18(21(28)26(16)19(15)22(29)30)25-20(27)17(13-7-3-1-4-8-13)24-14-9-5-2-6-10-14/h1-10,16-18,24H,11-12H2,(H,25,27)(H,29,30)/t16-,17-,18+/m1/s1. The summed E-state index contributed by atoms with van der Waals surface area (Å²) in [6.45, 7) is 0. The van der Waals surface area contributed by atoms with Gasteiger partial charge in [0.1, 0.15) is 17.8 Å². The van der Waals surface area contributed by atoms with Crippen LogP contribution in [0.4, 0.5) is 5.69 Å². The number of anilines is 1. The van der Waals surface area contributed by atoms with Crippen LogP contribution in [0.1, 0.15) is 24.4 Å². The molecule has 7 nitrogen and oxygen atoms in total. The molecule has 0 aliphatic carbocycles. The number of benzene rings is 2. The van der Waals surface area contributed by atoms with Gasteiger partial charge in [0.25, 0.3) is 5.91 Å². The van der Waals surface area contributed by atoms with Crippen LogP contribution in [0.5, 0.6) is 0 Å². The number of amides is 2. The number of para-hydroxylation sites is 1. The van der Waals surface area contributed by atoms with Crippen LogP contribution in [0.15, 0.2) is 71.4 Å². The van der Waals surface area contributed by atoms with E-state index >= 15 is 0 Å². The molecule has 3 N–H and O–H groups in total. The maximum atomic E-state index is 13.2. The number of β-lactam (4-membered cyclic amide) rings is 1. The van der Waals surface area contributed by atoms with Crippen molar-refractivity contribution in [3.8, 4) is 0 Å². The lowest BCUT2D eigenvalue weighted by molar-refractivity contribution is -0.155. The Labute approximate surface area is 178 Å². The molecule has 154 valence electrons. The number of halogens is 1. The zero-order valence-electron chi connectivity index (χ0n) is 15.9. The predicted molar refractivity (Wildman–Crippen MR) is 112 cm³/mol. The molecule has 2 aliphatic heterocycles. The van der Waals surface area contributed by atoms with E-state index in [1.807, 2.05) is 60.7 Å². The van der Waals surface area contributed by atoms with Crippen molar-refractivity contribution >= 4 is 35.1 Å². The second kappa shape index (κ2) is 8.20. The minimum Gasteiger partial charge on any atom is -0.477 e. The largest absolute Gasteiger partial charge is 0.477 e. The molecule has 4 rings (SSSR count). The minimum atomic E-state index is -1.24. The van der Waals surface area contributed by atoms with Crippen LogP contribution in [0.2, 0.25) is 0 Å². The van der Waals surface area contributed by atoms with Crippen LogP contribution in [0, 0.1) is 0 Å². The molecular formula is C22H20ClN3O4. The number of aliphatic carboxylic acids is 1. The molecule has 1 saturated heterocycles. The van der Waals surface area contributed by atoms with Crippen molar-refractivity contribution in [3.63, 3.8) is 0 Å². The van der Waals surface area contributed by atoms with E-state index in [0.717, 1.165) is 11.3 Å². The predicted octanol–water partition coefficient (Wildman–Crippen LogP) is 2.86. The van der Waals surface area contributed by atoms with Crippen LogP contribution in [-0.2, 0) is 14.4 Å². The Balaban J connectivity index is 1.54. The quantitative estimate of drug-likeness (QED) is 0.618. The van der Waals surface area contributed by atoms with Gasteiger partial charge >= 0.3 is 5.97 Å². The third kappa shape index (κ3) is 3.64. The second-order valence-electron chi connectivity index (χ2n) is 7.21. The number of hydrogen-bond acceptors (Lipinski definition) is 4. The number of carbonyl (C=O) groups is 3. The van der Waals surface area contributed by atoms with Crippen LogP contribution < -0.4 is 10.6 Å². The van der Waals surface area contributed by atoms with Gasteiger partial charge < -0.3 is 15.7 Å². The average Bonchev–Trinajstić information content (AvgIpc) is 2.76. The van der Waals surface area contributed by atoms with Crippen LogP contribution in [0.3, 0.4) is 0 Å². The van der Waals surface area contributed by atoms with Gasteiger partial charge in [-0.05, 0) is 30.5 Å². The number of carboxylic acids is 1. The number of nitrogens with one attached hydrogen (secondary N) is 2. The van der Waals surface area contributed by atoms with E-state index in [2.05, 4.69) is 10.6 Å². The molecular weight excluding hydrogens is 406 g/mol. The summed E-state index contributed by atoms with van der Waals surface area (Å²) in [7, 11) is 0. The summed E-state index contributed by atoms with van der Waals surface area (Å²) in [6, 6.07) is 16.6. The average molecular weight is 426 g/mol. The fourth-order valence-corrected chi connectivity index (χ4v) is 4.18. The third-order valence-corrected chi connectivity index (χ3v) is 5.73. The lowest BCUT2D eigenvalue weighted by atomic mass is 9.86. The fraction of sp³-hybridized carbons (Fsp3) is 0.227. The van der Waals surface area contributed by atoms with Crippen molar-refractivity contribution in [2.24, 2.45) is 0 Å². The molecule has 2 aromatic carbocycles. The molecule has 2 heterocycles. The maximum absolute atomic E-state index is 13.2. The number of carbonyl (C=O) groups excluding carboxylic acids is 2. The summed E-state index contributed by atoms with van der Waals surface area (Å²) >= 11 is 6.02. The Morgan fingerprint density at radius 3 is 2.33 bits per heavy atom. The Bertz CT molecular complexity index is 1010. The zero-order chi connectivity index (χ0) is 21.3. The molecule has 0 radical (unpaired) electrons. The van der Waals surface area contributed by atoms with Crippen molar-refractivity contribution < 1.29 is 19.5 Å². The van der Waals surface area contributed by atoms with Crippen molar-refractivity contribution in [1.29, 1.82) is 0 Å². The highest BCUT2D eigenvalue weighted by atomic mass is 35.5. The molecule has 2 aromatic rings. The first-order chi connectivity index (χ1) is 14.5. The van der Waals surface area contributed by atoms with E-state index in [-0.39, 0.29) is 16.6 Å². The van der Waals surface area contributed by atoms with Gasteiger partial charge in [-0.2, -0.15) is 0 Å². The summed E-state index contributed by atoms with van der Waals surface area (Å²) < 4.78 is 0. The summed E-state index contributed by atoms with van der Waals surface area (Å²) in [5.74, 6) is -2.06. The van der Waals surface area contributed by atoms with Gasteiger partial charge in [0.05, 0.1) is 6.04 Å². The van der Waals surface area contributed by atoms with E-state index in [0.29, 0.717) is 12.8 Å². The van der Waals surface area contributed by atoms with Gasteiger partial charge in [0.2, 0.25) is 5.91 Å². The van der Waals surface area contributed by atoms with Crippen LogP contribution >= 0.6 is 11.6 Å². The molecule has 2 aliphatic rings. The lowest BCUT2D eigenvalue weighted by Gasteiger charge is -2.49. The number of nitrogens with zero attached hydrogens (tertiary/aromatic N) is 1.